The molecule has 0 atom stereocenters. The van der Waals surface area contributed by atoms with Crippen LogP contribution in [0.4, 0.5) is 5.13 Å². The zero-order valence-corrected chi connectivity index (χ0v) is 13.5. The summed E-state index contributed by atoms with van der Waals surface area (Å²) in [7, 11) is 0. The van der Waals surface area contributed by atoms with E-state index >= 15 is 0 Å². The SMILES string of the molecule is CCCN(c1nc(CC)c(CNC2CC2)s1)C(C)C. The molecule has 0 aromatic carbocycles. The third-order valence-corrected chi connectivity index (χ3v) is 4.70. The highest BCUT2D eigenvalue weighted by atomic mass is 32.1. The van der Waals surface area contributed by atoms with Gasteiger partial charge in [0.1, 0.15) is 0 Å². The first kappa shape index (κ1) is 14.8. The van der Waals surface area contributed by atoms with Gasteiger partial charge in [0.25, 0.3) is 0 Å². The van der Waals surface area contributed by atoms with Crippen molar-refractivity contribution in [2.75, 3.05) is 11.4 Å². The predicted octanol–water partition coefficient (Wildman–Crippen LogP) is 3.58. The van der Waals surface area contributed by atoms with Gasteiger partial charge in [-0.05, 0) is 39.5 Å². The number of thiazole rings is 1. The van der Waals surface area contributed by atoms with Gasteiger partial charge < -0.3 is 10.2 Å². The Bertz CT molecular complexity index is 396. The number of nitrogens with zero attached hydrogens (tertiary/aromatic N) is 2. The van der Waals surface area contributed by atoms with Gasteiger partial charge in [-0.1, -0.05) is 13.8 Å². The summed E-state index contributed by atoms with van der Waals surface area (Å²) in [6.07, 6.45) is 4.91. The van der Waals surface area contributed by atoms with E-state index in [1.54, 1.807) is 0 Å². The summed E-state index contributed by atoms with van der Waals surface area (Å²) in [5.41, 5.74) is 1.29. The van der Waals surface area contributed by atoms with E-state index in [9.17, 15) is 0 Å². The molecule has 1 aromatic heterocycles. The smallest absolute Gasteiger partial charge is 0.186 e. The fourth-order valence-electron chi connectivity index (χ4n) is 2.25. The Hall–Kier alpha value is -0.610. The molecule has 3 nitrogen and oxygen atoms in total. The molecule has 1 saturated carbocycles. The van der Waals surface area contributed by atoms with Crippen molar-refractivity contribution in [3.8, 4) is 0 Å². The fraction of sp³-hybridized carbons (Fsp3) is 0.800. The first-order valence-corrected chi connectivity index (χ1v) is 8.45. The molecule has 1 aliphatic rings. The monoisotopic (exact) mass is 281 g/mol. The number of aromatic nitrogens is 1. The van der Waals surface area contributed by atoms with Crippen molar-refractivity contribution in [3.05, 3.63) is 10.6 Å². The van der Waals surface area contributed by atoms with Crippen molar-refractivity contribution in [1.29, 1.82) is 0 Å². The van der Waals surface area contributed by atoms with E-state index in [1.807, 2.05) is 11.3 Å². The maximum absolute atomic E-state index is 4.87. The zero-order chi connectivity index (χ0) is 13.8. The number of aryl methyl sites for hydroxylation is 1. The summed E-state index contributed by atoms with van der Waals surface area (Å²) in [5.74, 6) is 0. The number of hydrogen-bond donors (Lipinski definition) is 1. The minimum absolute atomic E-state index is 0.528. The van der Waals surface area contributed by atoms with Crippen LogP contribution in [0.1, 0.15) is 57.5 Å². The lowest BCUT2D eigenvalue weighted by Gasteiger charge is -2.25. The first-order chi connectivity index (χ1) is 9.15. The van der Waals surface area contributed by atoms with Crippen LogP contribution in [0.5, 0.6) is 0 Å². The number of nitrogens with one attached hydrogen (secondary N) is 1. The molecule has 0 spiro atoms. The van der Waals surface area contributed by atoms with Gasteiger partial charge in [0, 0.05) is 30.1 Å². The largest absolute Gasteiger partial charge is 0.346 e. The van der Waals surface area contributed by atoms with Crippen LogP contribution in [0.15, 0.2) is 0 Å². The van der Waals surface area contributed by atoms with Gasteiger partial charge in [0.2, 0.25) is 0 Å². The van der Waals surface area contributed by atoms with Crippen molar-refractivity contribution < 1.29 is 0 Å². The third-order valence-electron chi connectivity index (χ3n) is 3.56. The standard InChI is InChI=1S/C15H27N3S/c1-5-9-18(11(3)4)15-17-13(6-2)14(19-15)10-16-12-7-8-12/h11-12,16H,5-10H2,1-4H3. The number of anilines is 1. The van der Waals surface area contributed by atoms with Crippen molar-refractivity contribution >= 4 is 16.5 Å². The van der Waals surface area contributed by atoms with Crippen LogP contribution in [-0.2, 0) is 13.0 Å². The second-order valence-corrected chi connectivity index (χ2v) is 6.72. The molecule has 2 rings (SSSR count). The van der Waals surface area contributed by atoms with Gasteiger partial charge in [-0.2, -0.15) is 0 Å². The first-order valence-electron chi connectivity index (χ1n) is 7.64. The van der Waals surface area contributed by atoms with E-state index in [-0.39, 0.29) is 0 Å². The predicted molar refractivity (Wildman–Crippen MR) is 84.1 cm³/mol. The van der Waals surface area contributed by atoms with Crippen LogP contribution in [0.25, 0.3) is 0 Å². The maximum atomic E-state index is 4.87. The molecule has 1 aromatic rings. The van der Waals surface area contributed by atoms with Gasteiger partial charge in [-0.15, -0.1) is 11.3 Å². The van der Waals surface area contributed by atoms with Crippen molar-refractivity contribution in [2.24, 2.45) is 0 Å². The third kappa shape index (κ3) is 3.93. The highest BCUT2D eigenvalue weighted by Gasteiger charge is 2.22. The molecule has 1 fully saturated rings. The van der Waals surface area contributed by atoms with E-state index in [4.69, 9.17) is 4.98 Å². The van der Waals surface area contributed by atoms with Crippen LogP contribution in [0.3, 0.4) is 0 Å². The molecule has 0 unspecified atom stereocenters. The highest BCUT2D eigenvalue weighted by molar-refractivity contribution is 7.15. The second-order valence-electron chi connectivity index (χ2n) is 5.66. The average Bonchev–Trinajstić information content (AvgIpc) is 3.13. The van der Waals surface area contributed by atoms with E-state index in [0.717, 1.165) is 25.6 Å². The van der Waals surface area contributed by atoms with E-state index < -0.39 is 0 Å². The molecule has 19 heavy (non-hydrogen) atoms. The number of rotatable bonds is 8. The molecule has 0 saturated heterocycles. The van der Waals surface area contributed by atoms with Crippen LogP contribution < -0.4 is 10.2 Å². The van der Waals surface area contributed by atoms with Gasteiger partial charge in [0.05, 0.1) is 5.69 Å². The minimum Gasteiger partial charge on any atom is -0.346 e. The van der Waals surface area contributed by atoms with Crippen molar-refractivity contribution in [2.45, 2.75) is 72.0 Å². The highest BCUT2D eigenvalue weighted by Crippen LogP contribution is 2.29. The van der Waals surface area contributed by atoms with Crippen LogP contribution in [-0.4, -0.2) is 23.6 Å². The molecule has 1 aliphatic carbocycles. The van der Waals surface area contributed by atoms with Gasteiger partial charge in [-0.25, -0.2) is 4.98 Å². The molecular weight excluding hydrogens is 254 g/mol. The summed E-state index contributed by atoms with van der Waals surface area (Å²) in [6, 6.07) is 1.30. The van der Waals surface area contributed by atoms with Crippen LogP contribution >= 0.6 is 11.3 Å². The summed E-state index contributed by atoms with van der Waals surface area (Å²) in [4.78, 5) is 8.74. The molecular formula is C15H27N3S. The topological polar surface area (TPSA) is 28.2 Å². The van der Waals surface area contributed by atoms with Gasteiger partial charge >= 0.3 is 0 Å². The Labute approximate surface area is 121 Å². The second kappa shape index (κ2) is 6.71. The van der Waals surface area contributed by atoms with Gasteiger partial charge in [0.15, 0.2) is 5.13 Å². The zero-order valence-electron chi connectivity index (χ0n) is 12.7. The summed E-state index contributed by atoms with van der Waals surface area (Å²) in [6.45, 7) is 11.1. The lowest BCUT2D eigenvalue weighted by atomic mass is 10.3. The van der Waals surface area contributed by atoms with E-state index in [2.05, 4.69) is 37.9 Å². The summed E-state index contributed by atoms with van der Waals surface area (Å²) >= 11 is 1.88. The lowest BCUT2D eigenvalue weighted by molar-refractivity contribution is 0.667. The normalized spacial score (nSPS) is 15.2. The molecule has 0 amide bonds. The summed E-state index contributed by atoms with van der Waals surface area (Å²) < 4.78 is 0. The molecule has 108 valence electrons. The molecule has 1 N–H and O–H groups in total. The maximum Gasteiger partial charge on any atom is 0.186 e. The Kier molecular flexibility index (Phi) is 5.22. The van der Waals surface area contributed by atoms with Gasteiger partial charge in [-0.3, -0.25) is 0 Å². The Morgan fingerprint density at radius 1 is 1.37 bits per heavy atom. The van der Waals surface area contributed by atoms with Crippen molar-refractivity contribution in [3.63, 3.8) is 0 Å². The van der Waals surface area contributed by atoms with Crippen LogP contribution in [0, 0.1) is 0 Å². The quantitative estimate of drug-likeness (QED) is 0.789. The average molecular weight is 281 g/mol. The Morgan fingerprint density at radius 3 is 2.63 bits per heavy atom. The molecule has 0 aliphatic heterocycles. The molecule has 0 radical (unpaired) electrons. The molecule has 4 heteroatoms. The van der Waals surface area contributed by atoms with Crippen molar-refractivity contribution in [1.82, 2.24) is 10.3 Å². The Balaban J connectivity index is 2.10. The number of hydrogen-bond acceptors (Lipinski definition) is 4. The lowest BCUT2D eigenvalue weighted by Crippen LogP contribution is -2.31. The van der Waals surface area contributed by atoms with E-state index in [1.165, 1.54) is 35.0 Å². The fourth-order valence-corrected chi connectivity index (χ4v) is 3.51. The minimum atomic E-state index is 0.528. The van der Waals surface area contributed by atoms with Crippen LogP contribution in [0.2, 0.25) is 0 Å². The molecule has 1 heterocycles. The molecule has 0 bridgehead atoms. The summed E-state index contributed by atoms with van der Waals surface area (Å²) in [5, 5.41) is 4.82. The van der Waals surface area contributed by atoms with E-state index in [0.29, 0.717) is 6.04 Å². The Morgan fingerprint density at radius 2 is 2.11 bits per heavy atom.